The van der Waals surface area contributed by atoms with E-state index in [0.717, 1.165) is 19.3 Å². The topological polar surface area (TPSA) is 26.3 Å². The third kappa shape index (κ3) is 4.50. The fourth-order valence-corrected chi connectivity index (χ4v) is 3.68. The summed E-state index contributed by atoms with van der Waals surface area (Å²) in [5, 5.41) is 0. The smallest absolute Gasteiger partial charge is 0.308 e. The highest BCUT2D eigenvalue weighted by atomic mass is 32.2. The summed E-state index contributed by atoms with van der Waals surface area (Å²) in [6.45, 7) is 4.45. The van der Waals surface area contributed by atoms with E-state index in [-0.39, 0.29) is 11.9 Å². The normalized spacial score (nSPS) is 21.9. The molecule has 3 unspecified atom stereocenters. The van der Waals surface area contributed by atoms with Crippen LogP contribution in [0.25, 0.3) is 0 Å². The molecule has 3 atom stereocenters. The number of carbonyl (C=O) groups excluding carboxylic acids is 1. The van der Waals surface area contributed by atoms with Gasteiger partial charge in [-0.05, 0) is 61.0 Å². The molecule has 116 valence electrons. The summed E-state index contributed by atoms with van der Waals surface area (Å²) in [7, 11) is 1.49. The standard InChI is InChI=1S/C18H26O2S/c1-4-10-21-16-8-6-14(7-9-16)13(5-2)11-15-12-17(15)18(19)20-3/h6-9,13,15,17H,4-5,10-12H2,1-3H3. The van der Waals surface area contributed by atoms with Gasteiger partial charge in [0.2, 0.25) is 0 Å². The Bertz CT molecular complexity index is 455. The third-order valence-corrected chi connectivity index (χ3v) is 5.55. The SMILES string of the molecule is CCCSc1ccc(C(CC)CC2CC2C(=O)OC)cc1. The zero-order valence-corrected chi connectivity index (χ0v) is 14.1. The summed E-state index contributed by atoms with van der Waals surface area (Å²) in [5.74, 6) is 2.40. The van der Waals surface area contributed by atoms with Crippen molar-refractivity contribution in [3.05, 3.63) is 29.8 Å². The Kier molecular flexibility index (Phi) is 6.16. The van der Waals surface area contributed by atoms with Gasteiger partial charge in [0.15, 0.2) is 0 Å². The fraction of sp³-hybridized carbons (Fsp3) is 0.611. The van der Waals surface area contributed by atoms with Crippen molar-refractivity contribution in [2.75, 3.05) is 12.9 Å². The van der Waals surface area contributed by atoms with Crippen LogP contribution in [0.1, 0.15) is 51.0 Å². The highest BCUT2D eigenvalue weighted by molar-refractivity contribution is 7.99. The van der Waals surface area contributed by atoms with Crippen molar-refractivity contribution in [3.8, 4) is 0 Å². The van der Waals surface area contributed by atoms with Crippen LogP contribution in [-0.2, 0) is 9.53 Å². The molecule has 1 aromatic carbocycles. The minimum Gasteiger partial charge on any atom is -0.469 e. The van der Waals surface area contributed by atoms with Gasteiger partial charge in [-0.1, -0.05) is 26.0 Å². The number of rotatable bonds is 8. The number of thioether (sulfide) groups is 1. The van der Waals surface area contributed by atoms with Crippen LogP contribution in [0.15, 0.2) is 29.2 Å². The molecule has 0 heterocycles. The molecule has 0 amide bonds. The Balaban J connectivity index is 1.90. The molecule has 3 heteroatoms. The van der Waals surface area contributed by atoms with Gasteiger partial charge in [-0.3, -0.25) is 4.79 Å². The maximum absolute atomic E-state index is 11.5. The van der Waals surface area contributed by atoms with Crippen LogP contribution in [-0.4, -0.2) is 18.8 Å². The minimum absolute atomic E-state index is 0.0267. The van der Waals surface area contributed by atoms with Crippen molar-refractivity contribution in [1.29, 1.82) is 0 Å². The zero-order chi connectivity index (χ0) is 15.2. The van der Waals surface area contributed by atoms with Gasteiger partial charge in [0.25, 0.3) is 0 Å². The van der Waals surface area contributed by atoms with Crippen molar-refractivity contribution in [1.82, 2.24) is 0 Å². The van der Waals surface area contributed by atoms with Crippen molar-refractivity contribution >= 4 is 17.7 Å². The highest BCUT2D eigenvalue weighted by Gasteiger charge is 2.44. The van der Waals surface area contributed by atoms with E-state index in [1.54, 1.807) is 0 Å². The van der Waals surface area contributed by atoms with E-state index in [1.807, 2.05) is 11.8 Å². The molecule has 1 aromatic rings. The van der Waals surface area contributed by atoms with Crippen LogP contribution >= 0.6 is 11.8 Å². The van der Waals surface area contributed by atoms with Crippen LogP contribution < -0.4 is 0 Å². The van der Waals surface area contributed by atoms with Gasteiger partial charge in [0.05, 0.1) is 13.0 Å². The predicted octanol–water partition coefficient (Wildman–Crippen LogP) is 4.88. The Morgan fingerprint density at radius 2 is 2.05 bits per heavy atom. The molecular formula is C18H26O2S. The lowest BCUT2D eigenvalue weighted by molar-refractivity contribution is -0.142. The first-order chi connectivity index (χ1) is 10.2. The first kappa shape index (κ1) is 16.4. The number of hydrogen-bond donors (Lipinski definition) is 0. The zero-order valence-electron chi connectivity index (χ0n) is 13.3. The third-order valence-electron chi connectivity index (χ3n) is 4.33. The lowest BCUT2D eigenvalue weighted by Gasteiger charge is -2.15. The summed E-state index contributed by atoms with van der Waals surface area (Å²) in [6.07, 6.45) is 4.46. The molecule has 0 radical (unpaired) electrons. The Morgan fingerprint density at radius 1 is 1.33 bits per heavy atom. The maximum atomic E-state index is 11.5. The van der Waals surface area contributed by atoms with Gasteiger partial charge in [0.1, 0.15) is 0 Å². The van der Waals surface area contributed by atoms with Crippen LogP contribution in [0.2, 0.25) is 0 Å². The molecule has 0 saturated heterocycles. The molecule has 0 aliphatic heterocycles. The summed E-state index contributed by atoms with van der Waals surface area (Å²) >= 11 is 1.92. The quantitative estimate of drug-likeness (QED) is 0.505. The molecule has 1 aliphatic carbocycles. The molecule has 1 fully saturated rings. The molecule has 1 saturated carbocycles. The largest absolute Gasteiger partial charge is 0.469 e. The number of benzene rings is 1. The molecule has 2 rings (SSSR count). The lowest BCUT2D eigenvalue weighted by atomic mass is 9.91. The minimum atomic E-state index is -0.0267. The first-order valence-electron chi connectivity index (χ1n) is 8.00. The van der Waals surface area contributed by atoms with Gasteiger partial charge < -0.3 is 4.74 Å². The van der Waals surface area contributed by atoms with E-state index < -0.39 is 0 Å². The Labute approximate surface area is 132 Å². The predicted molar refractivity (Wildman–Crippen MR) is 88.7 cm³/mol. The lowest BCUT2D eigenvalue weighted by Crippen LogP contribution is -2.06. The Morgan fingerprint density at radius 3 is 2.62 bits per heavy atom. The molecule has 1 aliphatic rings. The summed E-state index contributed by atoms with van der Waals surface area (Å²) in [5.41, 5.74) is 1.41. The van der Waals surface area contributed by atoms with Crippen LogP contribution in [0, 0.1) is 11.8 Å². The summed E-state index contributed by atoms with van der Waals surface area (Å²) < 4.78 is 4.84. The molecule has 0 N–H and O–H groups in total. The van der Waals surface area contributed by atoms with Crippen molar-refractivity contribution in [2.24, 2.45) is 11.8 Å². The van der Waals surface area contributed by atoms with Crippen molar-refractivity contribution in [2.45, 2.75) is 50.3 Å². The van der Waals surface area contributed by atoms with Gasteiger partial charge in [0, 0.05) is 4.90 Å². The Hall–Kier alpha value is -0.960. The van der Waals surface area contributed by atoms with Gasteiger partial charge >= 0.3 is 5.97 Å². The average molecular weight is 306 g/mol. The molecule has 2 nitrogen and oxygen atoms in total. The van der Waals surface area contributed by atoms with Crippen LogP contribution in [0.4, 0.5) is 0 Å². The number of ether oxygens (including phenoxy) is 1. The van der Waals surface area contributed by atoms with Crippen molar-refractivity contribution in [3.63, 3.8) is 0 Å². The second-order valence-electron chi connectivity index (χ2n) is 5.88. The highest BCUT2D eigenvalue weighted by Crippen LogP contribution is 2.46. The van der Waals surface area contributed by atoms with Crippen molar-refractivity contribution < 1.29 is 9.53 Å². The van der Waals surface area contributed by atoms with E-state index in [1.165, 1.54) is 29.7 Å². The number of esters is 1. The second-order valence-corrected chi connectivity index (χ2v) is 7.05. The number of hydrogen-bond acceptors (Lipinski definition) is 3. The van der Waals surface area contributed by atoms with Gasteiger partial charge in [-0.2, -0.15) is 0 Å². The summed E-state index contributed by atoms with van der Waals surface area (Å²) in [6, 6.07) is 9.01. The monoisotopic (exact) mass is 306 g/mol. The van der Waals surface area contributed by atoms with E-state index in [0.29, 0.717) is 11.8 Å². The average Bonchev–Trinajstić information content (AvgIpc) is 3.29. The van der Waals surface area contributed by atoms with Crippen LogP contribution in [0.3, 0.4) is 0 Å². The summed E-state index contributed by atoms with van der Waals surface area (Å²) in [4.78, 5) is 12.9. The fourth-order valence-electron chi connectivity index (χ4n) is 2.91. The van der Waals surface area contributed by atoms with E-state index >= 15 is 0 Å². The number of methoxy groups -OCH3 is 1. The molecular weight excluding hydrogens is 280 g/mol. The maximum Gasteiger partial charge on any atom is 0.308 e. The van der Waals surface area contributed by atoms with Crippen LogP contribution in [0.5, 0.6) is 0 Å². The van der Waals surface area contributed by atoms with Gasteiger partial charge in [-0.15, -0.1) is 11.8 Å². The molecule has 21 heavy (non-hydrogen) atoms. The van der Waals surface area contributed by atoms with E-state index in [2.05, 4.69) is 38.1 Å². The molecule has 0 spiro atoms. The molecule has 0 bridgehead atoms. The first-order valence-corrected chi connectivity index (χ1v) is 8.98. The van der Waals surface area contributed by atoms with Gasteiger partial charge in [-0.25, -0.2) is 0 Å². The molecule has 0 aromatic heterocycles. The second kappa shape index (κ2) is 7.88. The number of carbonyl (C=O) groups is 1. The van der Waals surface area contributed by atoms with E-state index in [9.17, 15) is 4.79 Å². The van der Waals surface area contributed by atoms with E-state index in [4.69, 9.17) is 4.74 Å².